The minimum atomic E-state index is -3.21. The van der Waals surface area contributed by atoms with Gasteiger partial charge in [-0.15, -0.1) is 0 Å². The largest absolute Gasteiger partial charge is 0.472 e. The number of hydrogen-bond acceptors (Lipinski definition) is 18. The van der Waals surface area contributed by atoms with Gasteiger partial charge in [0.25, 0.3) is 0 Å². The maximum absolute atomic E-state index is 14.3. The standard InChI is InChI=1S/C37H44O18/c1-14(2)25(41)54-23-22(51-16(4)39)32-13-33(32)24(53-21(32)18-9-10-49-11-18)27(43)55-29-35(45)28(52-17(5)40)30(6)12-34(35,44)31(7,36(23,46)37(29,33)47)20(30)19(26(42)48-8)50-15(3)38/h9-11,14,19-24,28-29,44-47H,12-13H2,1-8H3/t19-,20+,21-,22+,23-,24+,28+,29-,30-,31?,32-,33-,34?,35?,36+,37+/m1/s1. The molecule has 1 aromatic rings. The molecule has 5 saturated carbocycles. The van der Waals surface area contributed by atoms with E-state index in [1.54, 1.807) is 0 Å². The van der Waals surface area contributed by atoms with Crippen molar-refractivity contribution >= 4 is 35.8 Å². The van der Waals surface area contributed by atoms with E-state index >= 15 is 0 Å². The van der Waals surface area contributed by atoms with Gasteiger partial charge in [-0.2, -0.15) is 0 Å². The van der Waals surface area contributed by atoms with Gasteiger partial charge in [-0.3, -0.25) is 19.2 Å². The fourth-order valence-corrected chi connectivity index (χ4v) is 13.1. The summed E-state index contributed by atoms with van der Waals surface area (Å²) >= 11 is 0. The normalized spacial score (nSPS) is 49.5. The molecule has 5 aliphatic carbocycles. The van der Waals surface area contributed by atoms with E-state index in [4.69, 9.17) is 37.6 Å². The van der Waals surface area contributed by atoms with Crippen molar-refractivity contribution in [3.8, 4) is 0 Å². The summed E-state index contributed by atoms with van der Waals surface area (Å²) in [7, 11) is 0.990. The molecule has 55 heavy (non-hydrogen) atoms. The lowest BCUT2D eigenvalue weighted by molar-refractivity contribution is -0.461. The molecule has 1 spiro atoms. The average Bonchev–Trinajstić information content (AvgIpc) is 3.35. The van der Waals surface area contributed by atoms with E-state index in [0.29, 0.717) is 5.56 Å². The molecule has 18 nitrogen and oxygen atoms in total. The molecule has 0 aromatic carbocycles. The zero-order chi connectivity index (χ0) is 40.4. The Balaban J connectivity index is 1.52. The molecule has 0 radical (unpaired) electrons. The minimum Gasteiger partial charge on any atom is -0.472 e. The first kappa shape index (κ1) is 37.8. The lowest BCUT2D eigenvalue weighted by Gasteiger charge is -2.77. The van der Waals surface area contributed by atoms with Gasteiger partial charge in [-0.05, 0) is 18.9 Å². The highest BCUT2D eigenvalue weighted by atomic mass is 16.6. The minimum absolute atomic E-state index is 0.284. The van der Waals surface area contributed by atoms with Crippen LogP contribution < -0.4 is 0 Å². The molecule has 2 bridgehead atoms. The Hall–Kier alpha value is -4.10. The second kappa shape index (κ2) is 10.8. The van der Waals surface area contributed by atoms with Crippen LogP contribution in [0, 0.1) is 33.5 Å². The number of ether oxygens (including phenoxy) is 7. The molecule has 16 atom stereocenters. The number of carbonyl (C=O) groups excluding carboxylic acids is 6. The van der Waals surface area contributed by atoms with Crippen LogP contribution in [0.4, 0.5) is 0 Å². The first-order valence-electron chi connectivity index (χ1n) is 18.1. The van der Waals surface area contributed by atoms with Crippen LogP contribution in [0.5, 0.6) is 0 Å². The Morgan fingerprint density at radius 3 is 2.05 bits per heavy atom. The summed E-state index contributed by atoms with van der Waals surface area (Å²) < 4.78 is 46.4. The van der Waals surface area contributed by atoms with Crippen LogP contribution in [-0.4, -0.2) is 122 Å². The highest BCUT2D eigenvalue weighted by Crippen LogP contribution is 2.93. The highest BCUT2D eigenvalue weighted by Gasteiger charge is 3.09. The van der Waals surface area contributed by atoms with Crippen LogP contribution in [0.25, 0.3) is 0 Å². The van der Waals surface area contributed by atoms with E-state index in [2.05, 4.69) is 0 Å². The first-order chi connectivity index (χ1) is 25.5. The number of fused-ring (bicyclic) bond motifs is 3. The quantitative estimate of drug-likeness (QED) is 0.193. The van der Waals surface area contributed by atoms with E-state index in [0.717, 1.165) is 27.9 Å². The van der Waals surface area contributed by atoms with Crippen LogP contribution in [0.2, 0.25) is 0 Å². The summed E-state index contributed by atoms with van der Waals surface area (Å²) in [6.07, 6.45) is -11.6. The van der Waals surface area contributed by atoms with Crippen molar-refractivity contribution in [2.24, 2.45) is 33.5 Å². The van der Waals surface area contributed by atoms with E-state index in [1.165, 1.54) is 46.3 Å². The van der Waals surface area contributed by atoms with Gasteiger partial charge in [-0.1, -0.05) is 27.7 Å². The van der Waals surface area contributed by atoms with Crippen molar-refractivity contribution in [3.63, 3.8) is 0 Å². The Morgan fingerprint density at radius 2 is 1.51 bits per heavy atom. The maximum Gasteiger partial charge on any atom is 0.347 e. The van der Waals surface area contributed by atoms with Gasteiger partial charge >= 0.3 is 35.8 Å². The molecule has 7 fully saturated rings. The summed E-state index contributed by atoms with van der Waals surface area (Å²) in [5.41, 5.74) is -20.1. The fourth-order valence-electron chi connectivity index (χ4n) is 13.1. The third-order valence-corrected chi connectivity index (χ3v) is 14.6. The topological polar surface area (TPSA) is 261 Å². The van der Waals surface area contributed by atoms with Crippen LogP contribution in [0.1, 0.15) is 73.0 Å². The maximum atomic E-state index is 14.3. The molecule has 1 aromatic heterocycles. The van der Waals surface area contributed by atoms with Crippen molar-refractivity contribution in [2.75, 3.05) is 7.11 Å². The molecule has 7 aliphatic rings. The predicted molar refractivity (Wildman–Crippen MR) is 173 cm³/mol. The van der Waals surface area contributed by atoms with E-state index in [1.807, 2.05) is 0 Å². The fraction of sp³-hybridized carbons (Fsp3) is 0.730. The van der Waals surface area contributed by atoms with Gasteiger partial charge in [0.2, 0.25) is 6.10 Å². The molecule has 2 saturated heterocycles. The third-order valence-electron chi connectivity index (χ3n) is 14.6. The van der Waals surface area contributed by atoms with Gasteiger partial charge in [0.15, 0.2) is 30.0 Å². The molecular weight excluding hydrogens is 732 g/mol. The lowest BCUT2D eigenvalue weighted by Crippen LogP contribution is -2.98. The highest BCUT2D eigenvalue weighted by molar-refractivity contribution is 5.84. The average molecular weight is 777 g/mol. The Labute approximate surface area is 313 Å². The summed E-state index contributed by atoms with van der Waals surface area (Å²) in [5.74, 6) is -8.89. The summed E-state index contributed by atoms with van der Waals surface area (Å²) in [6.45, 7) is 8.61. The van der Waals surface area contributed by atoms with Crippen molar-refractivity contribution in [3.05, 3.63) is 24.2 Å². The van der Waals surface area contributed by atoms with Crippen LogP contribution >= 0.6 is 0 Å². The first-order valence-corrected chi connectivity index (χ1v) is 18.1. The second-order valence-electron chi connectivity index (χ2n) is 17.1. The molecule has 0 amide bonds. The van der Waals surface area contributed by atoms with Crippen LogP contribution in [0.15, 0.2) is 23.0 Å². The van der Waals surface area contributed by atoms with Crippen molar-refractivity contribution in [2.45, 2.75) is 126 Å². The molecule has 300 valence electrons. The van der Waals surface area contributed by atoms with Gasteiger partial charge < -0.3 is 58.0 Å². The molecule has 3 heterocycles. The molecule has 2 aliphatic heterocycles. The lowest BCUT2D eigenvalue weighted by atomic mass is 9.33. The zero-order valence-electron chi connectivity index (χ0n) is 31.3. The smallest absolute Gasteiger partial charge is 0.347 e. The molecule has 18 heteroatoms. The van der Waals surface area contributed by atoms with E-state index in [-0.39, 0.29) is 6.42 Å². The van der Waals surface area contributed by atoms with E-state index < -0.39 is 141 Å². The molecule has 8 rings (SSSR count). The van der Waals surface area contributed by atoms with Gasteiger partial charge in [0, 0.05) is 43.1 Å². The number of rotatable bonds is 8. The van der Waals surface area contributed by atoms with Gasteiger partial charge in [0.05, 0.1) is 42.5 Å². The SMILES string of the molecule is COC(=O)[C@H](OC(C)=O)[C@@H]1C2(C)C3(O)C[C@@]1(C)[C@H](OC(C)=O)C3(O)[C@H]1OC(=O)[C@@H]3O[C@H](c4ccoc4)[C@@]45C[C@@]34[C@]1(O)[C@]2(O)[C@H](OC(=O)C(C)C)[C@@H]5OC(C)=O. The summed E-state index contributed by atoms with van der Waals surface area (Å²) in [6, 6.07) is 1.51. The third kappa shape index (κ3) is 3.66. The predicted octanol–water partition coefficient (Wildman–Crippen LogP) is -0.445. The number of esters is 6. The Kier molecular flexibility index (Phi) is 7.45. The molecule has 4 N–H and O–H groups in total. The monoisotopic (exact) mass is 776 g/mol. The Morgan fingerprint density at radius 1 is 0.855 bits per heavy atom. The summed E-state index contributed by atoms with van der Waals surface area (Å²) in [5, 5.41) is 54.9. The van der Waals surface area contributed by atoms with Crippen molar-refractivity contribution < 1.29 is 86.8 Å². The van der Waals surface area contributed by atoms with E-state index in [9.17, 15) is 49.2 Å². The van der Waals surface area contributed by atoms with Crippen molar-refractivity contribution in [1.29, 1.82) is 0 Å². The molecular formula is C37H44O18. The second-order valence-corrected chi connectivity index (χ2v) is 17.1. The summed E-state index contributed by atoms with van der Waals surface area (Å²) in [4.78, 5) is 80.8. The number of hydrogen-bond donors (Lipinski definition) is 4. The van der Waals surface area contributed by atoms with Crippen molar-refractivity contribution in [1.82, 2.24) is 0 Å². The van der Waals surface area contributed by atoms with Gasteiger partial charge in [0.1, 0.15) is 22.9 Å². The van der Waals surface area contributed by atoms with Crippen LogP contribution in [-0.2, 0) is 61.9 Å². The number of methoxy groups -OCH3 is 1. The number of aliphatic hydroxyl groups is 4. The zero-order valence-corrected chi connectivity index (χ0v) is 31.3. The number of furan rings is 1. The van der Waals surface area contributed by atoms with Gasteiger partial charge in [-0.25, -0.2) is 9.59 Å². The Bertz CT molecular complexity index is 1930. The molecule has 3 unspecified atom stereocenters. The van der Waals surface area contributed by atoms with Crippen LogP contribution in [0.3, 0.4) is 0 Å². The number of carbonyl (C=O) groups is 6.